The van der Waals surface area contributed by atoms with Gasteiger partial charge in [-0.2, -0.15) is 0 Å². The molecule has 0 aliphatic carbocycles. The number of unbranched alkanes of at least 4 members (excludes halogenated alkanes) is 8. The Kier molecular flexibility index (Phi) is 13.3. The van der Waals surface area contributed by atoms with Gasteiger partial charge in [-0.25, -0.2) is 0 Å². The van der Waals surface area contributed by atoms with Crippen LogP contribution >= 0.6 is 115 Å². The molecule has 0 unspecified atom stereocenters. The molecule has 5 rings (SSSR count). The highest BCUT2D eigenvalue weighted by atomic mass is 35.5. The topological polar surface area (TPSA) is 51.6 Å². The van der Waals surface area contributed by atoms with E-state index in [1.54, 1.807) is 0 Å². The molecular weight excluding hydrogens is 788 g/mol. The highest BCUT2D eigenvalue weighted by molar-refractivity contribution is 7.15. The van der Waals surface area contributed by atoms with Crippen molar-refractivity contribution < 1.29 is 0 Å². The lowest BCUT2D eigenvalue weighted by molar-refractivity contribution is 0.630. The van der Waals surface area contributed by atoms with Crippen LogP contribution < -0.4 is 0 Å². The summed E-state index contributed by atoms with van der Waals surface area (Å²) < 4.78 is 0. The number of aryl methyl sites for hydroxylation is 2. The minimum atomic E-state index is 0.117. The first kappa shape index (κ1) is 36.9. The lowest BCUT2D eigenvalue weighted by Gasteiger charge is -2.20. The van der Waals surface area contributed by atoms with E-state index in [0.717, 1.165) is 48.5 Å². The summed E-state index contributed by atoms with van der Waals surface area (Å²) in [6.07, 6.45) is 13.1. The predicted molar refractivity (Wildman–Crippen MR) is 204 cm³/mol. The Bertz CT molecular complexity index is 1890. The fourth-order valence-electron chi connectivity index (χ4n) is 5.49. The van der Waals surface area contributed by atoms with Crippen molar-refractivity contribution in [3.8, 4) is 21.1 Å². The van der Waals surface area contributed by atoms with E-state index in [4.69, 9.17) is 92.8 Å². The van der Waals surface area contributed by atoms with Crippen molar-refractivity contribution in [3.05, 3.63) is 50.2 Å². The summed E-state index contributed by atoms with van der Waals surface area (Å²) in [4.78, 5) is 0. The van der Waals surface area contributed by atoms with Gasteiger partial charge in [-0.1, -0.05) is 181 Å². The molecule has 0 aliphatic rings. The Balaban J connectivity index is 1.68. The Hall–Kier alpha value is -0.380. The predicted octanol–water partition coefficient (Wildman–Crippen LogP) is 15.3. The summed E-state index contributed by atoms with van der Waals surface area (Å²) in [5, 5.41) is 23.6. The van der Waals surface area contributed by atoms with Gasteiger partial charge in [0, 0.05) is 39.9 Å². The molecule has 0 bridgehead atoms. The molecule has 246 valence electrons. The third-order valence-electron chi connectivity index (χ3n) is 7.88. The van der Waals surface area contributed by atoms with Crippen LogP contribution in [0.15, 0.2) is 0 Å². The second-order valence-corrected chi connectivity index (χ2v) is 16.2. The number of nitrogens with zero attached hydrogens (tertiary/aromatic N) is 4. The van der Waals surface area contributed by atoms with Crippen molar-refractivity contribution in [2.75, 3.05) is 0 Å². The maximum Gasteiger partial charge on any atom is 0.150 e. The molecule has 14 heteroatoms. The number of hydrogen-bond acceptors (Lipinski definition) is 6. The van der Waals surface area contributed by atoms with Crippen LogP contribution in [0.3, 0.4) is 0 Å². The third kappa shape index (κ3) is 7.38. The van der Waals surface area contributed by atoms with Gasteiger partial charge in [-0.05, 0) is 12.8 Å². The SMILES string of the molecule is CCCCCCCc1nnc(-c2c(Cl)c(Cl)c3c(Cl)c(Cl)c4c(-c5nnc(CCCCCCC)s5)c(Cl)c(Cl)c(Cl)c4c3c2Cl)s1. The highest BCUT2D eigenvalue weighted by Crippen LogP contribution is 2.57. The molecular formula is C32H30Cl8N4S2. The lowest BCUT2D eigenvalue weighted by atomic mass is 9.96. The highest BCUT2D eigenvalue weighted by Gasteiger charge is 2.30. The largest absolute Gasteiger partial charge is 0.150 e. The van der Waals surface area contributed by atoms with Crippen LogP contribution in [0.5, 0.6) is 0 Å². The van der Waals surface area contributed by atoms with Crippen LogP contribution in [0.1, 0.15) is 88.1 Å². The fraction of sp³-hybridized carbons (Fsp3) is 0.438. The average molecular weight is 818 g/mol. The summed E-state index contributed by atoms with van der Waals surface area (Å²) in [5.74, 6) is 0. The van der Waals surface area contributed by atoms with Crippen LogP contribution in [0, 0.1) is 0 Å². The molecule has 0 saturated carbocycles. The van der Waals surface area contributed by atoms with Crippen molar-refractivity contribution >= 4 is 137 Å². The summed E-state index contributed by atoms with van der Waals surface area (Å²) in [5.41, 5.74) is 0.903. The molecule has 0 spiro atoms. The number of aromatic nitrogens is 4. The first-order valence-corrected chi connectivity index (χ1v) is 19.9. The summed E-state index contributed by atoms with van der Waals surface area (Å²) in [7, 11) is 0. The molecule has 5 aromatic rings. The molecule has 2 aromatic heterocycles. The van der Waals surface area contributed by atoms with Crippen LogP contribution in [0.25, 0.3) is 42.7 Å². The molecule has 0 amide bonds. The zero-order valence-corrected chi connectivity index (χ0v) is 32.8. The first-order chi connectivity index (χ1) is 22.1. The zero-order valence-electron chi connectivity index (χ0n) is 25.1. The van der Waals surface area contributed by atoms with Gasteiger partial charge in [0.25, 0.3) is 0 Å². The van der Waals surface area contributed by atoms with Crippen LogP contribution in [-0.2, 0) is 12.8 Å². The summed E-state index contributed by atoms with van der Waals surface area (Å²) >= 11 is 58.5. The normalized spacial score (nSPS) is 11.9. The Morgan fingerprint density at radius 3 is 1.35 bits per heavy atom. The van der Waals surface area contributed by atoms with Crippen molar-refractivity contribution in [3.63, 3.8) is 0 Å². The number of benzene rings is 3. The van der Waals surface area contributed by atoms with Gasteiger partial charge in [0.2, 0.25) is 0 Å². The van der Waals surface area contributed by atoms with Gasteiger partial charge in [-0.3, -0.25) is 0 Å². The van der Waals surface area contributed by atoms with Gasteiger partial charge in [0.1, 0.15) is 15.0 Å². The minimum absolute atomic E-state index is 0.117. The number of fused-ring (bicyclic) bond motifs is 3. The molecule has 0 N–H and O–H groups in total. The standard InChI is InChI=1S/C32H30Cl8N4S2/c1-3-5-7-9-11-13-15-41-43-31(45-15)21-19-17(25(35)30(40)28(21)38)18-20(26(36)24(19)34)27(37)29(39)22(23(18)33)32-44-42-16(46-32)14-12-10-8-6-4-2/h3-14H2,1-2H3. The first-order valence-electron chi connectivity index (χ1n) is 15.2. The van der Waals surface area contributed by atoms with Gasteiger partial charge in [0.05, 0.1) is 45.7 Å². The summed E-state index contributed by atoms with van der Waals surface area (Å²) in [6.45, 7) is 4.39. The molecule has 3 aromatic carbocycles. The molecule has 0 aliphatic heterocycles. The van der Waals surface area contributed by atoms with E-state index in [-0.39, 0.29) is 40.2 Å². The fourth-order valence-corrected chi connectivity index (χ4v) is 9.94. The van der Waals surface area contributed by atoms with E-state index in [2.05, 4.69) is 34.2 Å². The molecule has 0 saturated heterocycles. The van der Waals surface area contributed by atoms with Crippen LogP contribution in [-0.4, -0.2) is 20.4 Å². The van der Waals surface area contributed by atoms with Crippen molar-refractivity contribution in [1.29, 1.82) is 0 Å². The third-order valence-corrected chi connectivity index (χ3v) is 13.3. The van der Waals surface area contributed by atoms with Gasteiger partial charge < -0.3 is 0 Å². The maximum absolute atomic E-state index is 7.22. The Labute approximate surface area is 317 Å². The van der Waals surface area contributed by atoms with Crippen LogP contribution in [0.4, 0.5) is 0 Å². The average Bonchev–Trinajstić information content (AvgIpc) is 3.70. The zero-order chi connectivity index (χ0) is 33.1. The molecule has 0 radical (unpaired) electrons. The van der Waals surface area contributed by atoms with Gasteiger partial charge in [0.15, 0.2) is 5.01 Å². The number of hydrogen-bond donors (Lipinski definition) is 0. The van der Waals surface area contributed by atoms with E-state index < -0.39 is 0 Å². The lowest BCUT2D eigenvalue weighted by Crippen LogP contribution is -1.94. The molecule has 2 heterocycles. The quantitative estimate of drug-likeness (QED) is 0.0485. The second-order valence-electron chi connectivity index (χ2n) is 11.1. The smallest absolute Gasteiger partial charge is 0.143 e. The Morgan fingerprint density at radius 2 is 0.804 bits per heavy atom. The summed E-state index contributed by atoms with van der Waals surface area (Å²) in [6, 6.07) is 0. The molecule has 4 nitrogen and oxygen atoms in total. The van der Waals surface area contributed by atoms with E-state index >= 15 is 0 Å². The number of rotatable bonds is 14. The van der Waals surface area contributed by atoms with E-state index in [1.165, 1.54) is 61.2 Å². The van der Waals surface area contributed by atoms with Crippen LogP contribution in [0.2, 0.25) is 40.2 Å². The van der Waals surface area contributed by atoms with E-state index in [1.807, 2.05) is 0 Å². The van der Waals surface area contributed by atoms with Crippen molar-refractivity contribution in [2.24, 2.45) is 0 Å². The maximum atomic E-state index is 7.22. The van der Waals surface area contributed by atoms with Gasteiger partial charge in [-0.15, -0.1) is 20.4 Å². The molecule has 0 atom stereocenters. The monoisotopic (exact) mass is 814 g/mol. The Morgan fingerprint density at radius 1 is 0.391 bits per heavy atom. The minimum Gasteiger partial charge on any atom is -0.143 e. The molecule has 46 heavy (non-hydrogen) atoms. The van der Waals surface area contributed by atoms with Crippen molar-refractivity contribution in [2.45, 2.75) is 90.9 Å². The molecule has 0 fully saturated rings. The van der Waals surface area contributed by atoms with E-state index in [0.29, 0.717) is 42.7 Å². The van der Waals surface area contributed by atoms with Gasteiger partial charge >= 0.3 is 0 Å². The number of halogens is 8. The second kappa shape index (κ2) is 16.6. The van der Waals surface area contributed by atoms with E-state index in [9.17, 15) is 0 Å². The van der Waals surface area contributed by atoms with Crippen molar-refractivity contribution in [1.82, 2.24) is 20.4 Å².